The van der Waals surface area contributed by atoms with E-state index in [1.165, 1.54) is 12.1 Å². The number of ketones is 2. The van der Waals surface area contributed by atoms with Crippen molar-refractivity contribution in [3.05, 3.63) is 34.6 Å². The summed E-state index contributed by atoms with van der Waals surface area (Å²) in [5, 5.41) is 0. The van der Waals surface area contributed by atoms with Crippen LogP contribution in [0.25, 0.3) is 0 Å². The third-order valence-corrected chi connectivity index (χ3v) is 5.26. The van der Waals surface area contributed by atoms with Gasteiger partial charge in [-0.1, -0.05) is 0 Å². The molecule has 1 saturated carbocycles. The second-order valence-corrected chi connectivity index (χ2v) is 6.95. The minimum Gasteiger partial charge on any atom is -0.381 e. The van der Waals surface area contributed by atoms with E-state index < -0.39 is 5.92 Å². The van der Waals surface area contributed by atoms with E-state index in [4.69, 9.17) is 4.74 Å². The van der Waals surface area contributed by atoms with Gasteiger partial charge in [0.25, 0.3) is 0 Å². The highest BCUT2D eigenvalue weighted by molar-refractivity contribution is 6.14. The van der Waals surface area contributed by atoms with Crippen molar-refractivity contribution in [1.29, 1.82) is 0 Å². The van der Waals surface area contributed by atoms with Gasteiger partial charge in [-0.25, -0.2) is 4.39 Å². The van der Waals surface area contributed by atoms with Gasteiger partial charge in [0.15, 0.2) is 5.78 Å². The molecule has 23 heavy (non-hydrogen) atoms. The van der Waals surface area contributed by atoms with Gasteiger partial charge in [-0.3, -0.25) is 9.59 Å². The molecule has 1 aliphatic heterocycles. The first-order valence-corrected chi connectivity index (χ1v) is 8.38. The zero-order valence-corrected chi connectivity index (χ0v) is 13.7. The summed E-state index contributed by atoms with van der Waals surface area (Å²) in [7, 11) is 0. The number of halogens is 1. The second kappa shape index (κ2) is 6.52. The lowest BCUT2D eigenvalue weighted by Gasteiger charge is -2.24. The fourth-order valence-electron chi connectivity index (χ4n) is 4.12. The molecular weight excluding hydrogens is 295 g/mol. The molecule has 4 heteroatoms. The Morgan fingerprint density at radius 1 is 1.13 bits per heavy atom. The standard InChI is InChI=1S/C19H23FO3/c1-11-7-15(20)8-12(2)17(11)18-16(21)10-14(19(18)22)9-13-3-5-23-6-4-13/h7-8,13-14,18H,3-6,9-10H2,1-2H3. The van der Waals surface area contributed by atoms with E-state index in [1.54, 1.807) is 13.8 Å². The SMILES string of the molecule is Cc1cc(F)cc(C)c1C1C(=O)CC(CC2CCOCC2)C1=O. The van der Waals surface area contributed by atoms with Gasteiger partial charge in [0, 0.05) is 25.6 Å². The molecule has 0 bridgehead atoms. The van der Waals surface area contributed by atoms with Gasteiger partial charge in [-0.2, -0.15) is 0 Å². The van der Waals surface area contributed by atoms with Gasteiger partial charge < -0.3 is 4.74 Å². The van der Waals surface area contributed by atoms with Crippen LogP contribution in [-0.2, 0) is 14.3 Å². The van der Waals surface area contributed by atoms with Crippen molar-refractivity contribution >= 4 is 11.6 Å². The first kappa shape index (κ1) is 16.3. The van der Waals surface area contributed by atoms with Gasteiger partial charge in [0.2, 0.25) is 0 Å². The van der Waals surface area contributed by atoms with Gasteiger partial charge in [-0.15, -0.1) is 0 Å². The smallest absolute Gasteiger partial charge is 0.151 e. The first-order valence-electron chi connectivity index (χ1n) is 8.38. The normalized spacial score (nSPS) is 26.0. The Balaban J connectivity index is 1.81. The molecule has 1 aliphatic carbocycles. The molecule has 3 rings (SSSR count). The van der Waals surface area contributed by atoms with Crippen LogP contribution in [0, 0.1) is 31.5 Å². The Bertz CT molecular complexity index is 608. The maximum Gasteiger partial charge on any atom is 0.151 e. The van der Waals surface area contributed by atoms with E-state index in [2.05, 4.69) is 0 Å². The lowest BCUT2D eigenvalue weighted by Crippen LogP contribution is -2.22. The number of aryl methyl sites for hydroxylation is 2. The molecule has 3 nitrogen and oxygen atoms in total. The molecule has 0 radical (unpaired) electrons. The lowest BCUT2D eigenvalue weighted by molar-refractivity contribution is -0.125. The Morgan fingerprint density at radius 3 is 2.35 bits per heavy atom. The molecule has 2 atom stereocenters. The Morgan fingerprint density at radius 2 is 1.74 bits per heavy atom. The summed E-state index contributed by atoms with van der Waals surface area (Å²) >= 11 is 0. The topological polar surface area (TPSA) is 43.4 Å². The van der Waals surface area contributed by atoms with Gasteiger partial charge in [0.1, 0.15) is 17.5 Å². The molecule has 1 heterocycles. The number of carbonyl (C=O) groups excluding carboxylic acids is 2. The summed E-state index contributed by atoms with van der Waals surface area (Å²) in [6, 6.07) is 2.82. The van der Waals surface area contributed by atoms with Crippen molar-refractivity contribution in [2.45, 2.75) is 45.4 Å². The molecule has 2 unspecified atom stereocenters. The Hall–Kier alpha value is -1.55. The molecule has 124 valence electrons. The summed E-state index contributed by atoms with van der Waals surface area (Å²) in [4.78, 5) is 25.3. The summed E-state index contributed by atoms with van der Waals surface area (Å²) < 4.78 is 18.9. The molecule has 1 aromatic rings. The molecule has 1 aromatic carbocycles. The van der Waals surface area contributed by atoms with E-state index in [0.29, 0.717) is 23.5 Å². The largest absolute Gasteiger partial charge is 0.381 e. The summed E-state index contributed by atoms with van der Waals surface area (Å²) in [6.45, 7) is 5.05. The van der Waals surface area contributed by atoms with Gasteiger partial charge >= 0.3 is 0 Å². The fourth-order valence-corrected chi connectivity index (χ4v) is 4.12. The van der Waals surface area contributed by atoms with E-state index in [-0.39, 0.29) is 23.3 Å². The second-order valence-electron chi connectivity index (χ2n) is 6.95. The predicted octanol–water partition coefficient (Wildman–Crippen LogP) is 3.50. The van der Waals surface area contributed by atoms with E-state index in [0.717, 1.165) is 38.0 Å². The Kier molecular flexibility index (Phi) is 4.62. The predicted molar refractivity (Wildman–Crippen MR) is 84.9 cm³/mol. The zero-order valence-electron chi connectivity index (χ0n) is 13.7. The quantitative estimate of drug-likeness (QED) is 0.801. The molecule has 0 N–H and O–H groups in total. The van der Waals surface area contributed by atoms with Crippen molar-refractivity contribution in [3.63, 3.8) is 0 Å². The zero-order chi connectivity index (χ0) is 16.6. The van der Waals surface area contributed by atoms with Gasteiger partial charge in [-0.05, 0) is 67.9 Å². The number of benzene rings is 1. The van der Waals surface area contributed by atoms with Crippen LogP contribution in [0.2, 0.25) is 0 Å². The summed E-state index contributed by atoms with van der Waals surface area (Å²) in [5.41, 5.74) is 2.11. The van der Waals surface area contributed by atoms with Crippen molar-refractivity contribution in [2.75, 3.05) is 13.2 Å². The van der Waals surface area contributed by atoms with E-state index in [9.17, 15) is 14.0 Å². The van der Waals surface area contributed by atoms with Crippen LogP contribution in [-0.4, -0.2) is 24.8 Å². The van der Waals surface area contributed by atoms with Crippen LogP contribution in [0.15, 0.2) is 12.1 Å². The van der Waals surface area contributed by atoms with Crippen LogP contribution in [0.1, 0.15) is 48.3 Å². The highest BCUT2D eigenvalue weighted by atomic mass is 19.1. The average Bonchev–Trinajstić information content (AvgIpc) is 2.75. The minimum atomic E-state index is -0.694. The van der Waals surface area contributed by atoms with Crippen molar-refractivity contribution in [2.24, 2.45) is 11.8 Å². The van der Waals surface area contributed by atoms with Crippen molar-refractivity contribution in [1.82, 2.24) is 0 Å². The number of ether oxygens (including phenoxy) is 1. The maximum atomic E-state index is 13.5. The number of rotatable bonds is 3. The lowest BCUT2D eigenvalue weighted by atomic mass is 9.84. The first-order chi connectivity index (χ1) is 11.0. The highest BCUT2D eigenvalue weighted by Crippen LogP contribution is 2.39. The Labute approximate surface area is 136 Å². The molecule has 0 spiro atoms. The number of hydrogen-bond donors (Lipinski definition) is 0. The van der Waals surface area contributed by atoms with Crippen LogP contribution in [0.4, 0.5) is 4.39 Å². The highest BCUT2D eigenvalue weighted by Gasteiger charge is 2.43. The summed E-state index contributed by atoms with van der Waals surface area (Å²) in [6.07, 6.45) is 3.05. The van der Waals surface area contributed by atoms with E-state index in [1.807, 2.05) is 0 Å². The van der Waals surface area contributed by atoms with Crippen molar-refractivity contribution in [3.8, 4) is 0 Å². The maximum absolute atomic E-state index is 13.5. The summed E-state index contributed by atoms with van der Waals surface area (Å²) in [5.74, 6) is -0.705. The number of carbonyl (C=O) groups is 2. The third-order valence-electron chi connectivity index (χ3n) is 5.26. The van der Waals surface area contributed by atoms with Crippen molar-refractivity contribution < 1.29 is 18.7 Å². The number of hydrogen-bond acceptors (Lipinski definition) is 3. The molecule has 2 aliphatic rings. The van der Waals surface area contributed by atoms with Crippen LogP contribution >= 0.6 is 0 Å². The molecule has 2 fully saturated rings. The van der Waals surface area contributed by atoms with E-state index >= 15 is 0 Å². The molecule has 0 amide bonds. The van der Waals surface area contributed by atoms with Crippen LogP contribution < -0.4 is 0 Å². The number of Topliss-reactive ketones (excluding diaryl/α,β-unsaturated/α-hetero) is 2. The fraction of sp³-hybridized carbons (Fsp3) is 0.579. The van der Waals surface area contributed by atoms with Crippen LogP contribution in [0.3, 0.4) is 0 Å². The molecular formula is C19H23FO3. The molecule has 1 saturated heterocycles. The average molecular weight is 318 g/mol. The van der Waals surface area contributed by atoms with Gasteiger partial charge in [0.05, 0.1) is 0 Å². The monoisotopic (exact) mass is 318 g/mol. The third kappa shape index (κ3) is 3.23. The minimum absolute atomic E-state index is 0.00938. The molecule has 0 aromatic heterocycles. The van der Waals surface area contributed by atoms with Crippen LogP contribution in [0.5, 0.6) is 0 Å².